The van der Waals surface area contributed by atoms with E-state index < -0.39 is 0 Å². The van der Waals surface area contributed by atoms with Crippen LogP contribution in [0.5, 0.6) is 0 Å². The van der Waals surface area contributed by atoms with Gasteiger partial charge >= 0.3 is 0 Å². The van der Waals surface area contributed by atoms with Crippen molar-refractivity contribution in [2.45, 2.75) is 20.4 Å². The number of aromatic nitrogens is 3. The molecule has 2 heterocycles. The number of fused-ring (bicyclic) bond motifs is 1. The summed E-state index contributed by atoms with van der Waals surface area (Å²) in [6.45, 7) is 5.03. The molecule has 2 aromatic heterocycles. The summed E-state index contributed by atoms with van der Waals surface area (Å²) in [5.41, 5.74) is 4.89. The van der Waals surface area contributed by atoms with Crippen LogP contribution in [-0.2, 0) is 6.54 Å². The highest BCUT2D eigenvalue weighted by Gasteiger charge is 2.03. The lowest BCUT2D eigenvalue weighted by Gasteiger charge is -2.01. The molecule has 0 aliphatic heterocycles. The minimum absolute atomic E-state index is 0.847. The molecule has 1 N–H and O–H groups in total. The fraction of sp³-hybridized carbons (Fsp3) is 0.214. The smallest absolute Gasteiger partial charge is 0.0951 e. The molecule has 1 aromatic carbocycles. The Morgan fingerprint density at radius 3 is 2.88 bits per heavy atom. The number of aromatic amines is 1. The van der Waals surface area contributed by atoms with E-state index in [1.807, 2.05) is 12.5 Å². The number of nitrogens with zero attached hydrogens (tertiary/aromatic N) is 2. The van der Waals surface area contributed by atoms with Gasteiger partial charge in [-0.25, -0.2) is 4.98 Å². The molecule has 0 bridgehead atoms. The topological polar surface area (TPSA) is 33.6 Å². The summed E-state index contributed by atoms with van der Waals surface area (Å²) < 4.78 is 2.14. The van der Waals surface area contributed by atoms with Crippen LogP contribution in [0.2, 0.25) is 0 Å². The zero-order chi connectivity index (χ0) is 11.8. The van der Waals surface area contributed by atoms with Crippen molar-refractivity contribution >= 4 is 10.9 Å². The second kappa shape index (κ2) is 3.77. The van der Waals surface area contributed by atoms with Crippen molar-refractivity contribution in [3.05, 3.63) is 53.7 Å². The second-order valence-electron chi connectivity index (χ2n) is 4.55. The zero-order valence-electron chi connectivity index (χ0n) is 10.1. The maximum Gasteiger partial charge on any atom is 0.0951 e. The van der Waals surface area contributed by atoms with Gasteiger partial charge in [0.1, 0.15) is 0 Å². The van der Waals surface area contributed by atoms with Crippen LogP contribution in [0.25, 0.3) is 10.9 Å². The van der Waals surface area contributed by atoms with Crippen LogP contribution in [0.4, 0.5) is 0 Å². The van der Waals surface area contributed by atoms with Gasteiger partial charge < -0.3 is 9.55 Å². The molecule has 0 unspecified atom stereocenters. The third-order valence-corrected chi connectivity index (χ3v) is 3.09. The molecule has 3 heteroatoms. The van der Waals surface area contributed by atoms with Gasteiger partial charge in [0, 0.05) is 23.1 Å². The summed E-state index contributed by atoms with van der Waals surface area (Å²) in [6, 6.07) is 8.68. The first-order valence-electron chi connectivity index (χ1n) is 5.77. The van der Waals surface area contributed by atoms with Crippen LogP contribution in [-0.4, -0.2) is 14.5 Å². The fourth-order valence-electron chi connectivity index (χ4n) is 2.13. The zero-order valence-corrected chi connectivity index (χ0v) is 10.1. The average molecular weight is 225 g/mol. The van der Waals surface area contributed by atoms with E-state index in [1.165, 1.54) is 27.9 Å². The van der Waals surface area contributed by atoms with Crippen molar-refractivity contribution in [3.63, 3.8) is 0 Å². The van der Waals surface area contributed by atoms with Crippen LogP contribution in [0.1, 0.15) is 17.0 Å². The van der Waals surface area contributed by atoms with Crippen LogP contribution >= 0.6 is 0 Å². The lowest BCUT2D eigenvalue weighted by molar-refractivity contribution is 0.755. The number of hydrogen-bond acceptors (Lipinski definition) is 1. The summed E-state index contributed by atoms with van der Waals surface area (Å²) in [5, 5.41) is 1.28. The van der Waals surface area contributed by atoms with Gasteiger partial charge in [-0.2, -0.15) is 0 Å². The summed E-state index contributed by atoms with van der Waals surface area (Å²) in [6.07, 6.45) is 3.75. The van der Waals surface area contributed by atoms with E-state index in [9.17, 15) is 0 Å². The van der Waals surface area contributed by atoms with Gasteiger partial charge in [-0.3, -0.25) is 0 Å². The Morgan fingerprint density at radius 1 is 1.24 bits per heavy atom. The molecule has 0 radical (unpaired) electrons. The predicted molar refractivity (Wildman–Crippen MR) is 69.1 cm³/mol. The van der Waals surface area contributed by atoms with E-state index in [0.717, 1.165) is 6.54 Å². The highest BCUT2D eigenvalue weighted by atomic mass is 15.0. The van der Waals surface area contributed by atoms with Crippen LogP contribution in [0, 0.1) is 13.8 Å². The second-order valence-corrected chi connectivity index (χ2v) is 4.55. The number of H-pyrrole nitrogens is 1. The minimum Gasteiger partial charge on any atom is -0.357 e. The lowest BCUT2D eigenvalue weighted by atomic mass is 10.2. The van der Waals surface area contributed by atoms with Gasteiger partial charge in [-0.15, -0.1) is 0 Å². The quantitative estimate of drug-likeness (QED) is 0.714. The van der Waals surface area contributed by atoms with Gasteiger partial charge in [-0.05, 0) is 37.4 Å². The summed E-state index contributed by atoms with van der Waals surface area (Å²) in [7, 11) is 0. The Hall–Kier alpha value is -2.03. The largest absolute Gasteiger partial charge is 0.357 e. The van der Waals surface area contributed by atoms with E-state index in [4.69, 9.17) is 0 Å². The maximum atomic E-state index is 4.13. The third kappa shape index (κ3) is 1.84. The van der Waals surface area contributed by atoms with Gasteiger partial charge in [0.25, 0.3) is 0 Å². The molecule has 86 valence electrons. The van der Waals surface area contributed by atoms with Gasteiger partial charge in [0.2, 0.25) is 0 Å². The van der Waals surface area contributed by atoms with E-state index in [1.54, 1.807) is 0 Å². The number of nitrogens with one attached hydrogen (secondary N) is 1. The molecule has 3 aromatic rings. The standard InChI is InChI=1S/C14H15N3/c1-10-3-4-14-12(5-10)6-13(16-14)8-17-9-15-7-11(17)2/h3-7,9,16H,8H2,1-2H3. The lowest BCUT2D eigenvalue weighted by Crippen LogP contribution is -1.99. The first-order valence-corrected chi connectivity index (χ1v) is 5.77. The number of hydrogen-bond donors (Lipinski definition) is 1. The average Bonchev–Trinajstić information content (AvgIpc) is 2.85. The van der Waals surface area contributed by atoms with Gasteiger partial charge in [0.15, 0.2) is 0 Å². The third-order valence-electron chi connectivity index (χ3n) is 3.09. The van der Waals surface area contributed by atoms with Crippen molar-refractivity contribution in [3.8, 4) is 0 Å². The van der Waals surface area contributed by atoms with Crippen LogP contribution < -0.4 is 0 Å². The monoisotopic (exact) mass is 225 g/mol. The molecule has 0 aliphatic rings. The van der Waals surface area contributed by atoms with Crippen molar-refractivity contribution in [2.75, 3.05) is 0 Å². The molecular formula is C14H15N3. The Balaban J connectivity index is 1.99. The van der Waals surface area contributed by atoms with E-state index in [2.05, 4.69) is 52.6 Å². The van der Waals surface area contributed by atoms with E-state index >= 15 is 0 Å². The molecule has 3 rings (SSSR count). The number of benzene rings is 1. The highest BCUT2D eigenvalue weighted by molar-refractivity contribution is 5.81. The normalized spacial score (nSPS) is 11.2. The first-order chi connectivity index (χ1) is 8.22. The molecular weight excluding hydrogens is 210 g/mol. The van der Waals surface area contributed by atoms with Gasteiger partial charge in [0.05, 0.1) is 12.9 Å². The Bertz CT molecular complexity index is 661. The fourth-order valence-corrected chi connectivity index (χ4v) is 2.13. The highest BCUT2D eigenvalue weighted by Crippen LogP contribution is 2.17. The molecule has 3 nitrogen and oxygen atoms in total. The summed E-state index contributed by atoms with van der Waals surface area (Å²) in [4.78, 5) is 7.57. The van der Waals surface area contributed by atoms with Crippen LogP contribution in [0.15, 0.2) is 36.8 Å². The van der Waals surface area contributed by atoms with Gasteiger partial charge in [-0.1, -0.05) is 11.6 Å². The molecule has 0 atom stereocenters. The van der Waals surface area contributed by atoms with Crippen LogP contribution in [0.3, 0.4) is 0 Å². The SMILES string of the molecule is Cc1ccc2[nH]c(Cn3cncc3C)cc2c1. The van der Waals surface area contributed by atoms with E-state index in [0.29, 0.717) is 0 Å². The number of rotatable bonds is 2. The molecule has 0 saturated carbocycles. The Labute approximate surface area is 100 Å². The Kier molecular flexibility index (Phi) is 2.25. The molecule has 0 aliphatic carbocycles. The number of imidazole rings is 1. The van der Waals surface area contributed by atoms with Crippen molar-refractivity contribution < 1.29 is 0 Å². The maximum absolute atomic E-state index is 4.13. The minimum atomic E-state index is 0.847. The van der Waals surface area contributed by atoms with Crippen molar-refractivity contribution in [1.82, 2.24) is 14.5 Å². The molecule has 0 fully saturated rings. The predicted octanol–water partition coefficient (Wildman–Crippen LogP) is 3.03. The van der Waals surface area contributed by atoms with Crippen molar-refractivity contribution in [1.29, 1.82) is 0 Å². The molecule has 0 saturated heterocycles. The van der Waals surface area contributed by atoms with E-state index in [-0.39, 0.29) is 0 Å². The molecule has 17 heavy (non-hydrogen) atoms. The Morgan fingerprint density at radius 2 is 2.12 bits per heavy atom. The number of aryl methyl sites for hydroxylation is 2. The molecule has 0 spiro atoms. The van der Waals surface area contributed by atoms with Crippen molar-refractivity contribution in [2.24, 2.45) is 0 Å². The molecule has 0 amide bonds. The summed E-state index contributed by atoms with van der Waals surface area (Å²) in [5.74, 6) is 0. The summed E-state index contributed by atoms with van der Waals surface area (Å²) >= 11 is 0. The first kappa shape index (κ1) is 10.1.